The average molecular weight is 283 g/mol. The molecule has 0 N–H and O–H groups in total. The highest BCUT2D eigenvalue weighted by molar-refractivity contribution is 7.18. The van der Waals surface area contributed by atoms with Crippen molar-refractivity contribution in [3.63, 3.8) is 0 Å². The second-order valence-corrected chi connectivity index (χ2v) is 6.24. The molecule has 0 saturated heterocycles. The first-order chi connectivity index (χ1) is 8.63. The molecule has 0 amide bonds. The molecule has 3 nitrogen and oxygen atoms in total. The molecule has 1 aliphatic carbocycles. The van der Waals surface area contributed by atoms with Crippen molar-refractivity contribution in [1.82, 2.24) is 4.90 Å². The number of carbonyl (C=O) groups is 1. The lowest BCUT2D eigenvalue weighted by molar-refractivity contribution is 0.0833. The number of hydrogen-bond donors (Lipinski definition) is 0. The van der Waals surface area contributed by atoms with Gasteiger partial charge in [-0.3, -0.25) is 9.69 Å². The second-order valence-electron chi connectivity index (χ2n) is 4.52. The Morgan fingerprint density at radius 2 is 2.39 bits per heavy atom. The summed E-state index contributed by atoms with van der Waals surface area (Å²) in [5, 5.41) is 8.68. The van der Waals surface area contributed by atoms with Gasteiger partial charge in [-0.2, -0.15) is 5.26 Å². The Bertz CT molecular complexity index is 476. The quantitative estimate of drug-likeness (QED) is 0.752. The van der Waals surface area contributed by atoms with Gasteiger partial charge >= 0.3 is 0 Å². The normalized spacial score (nSPS) is 16.6. The number of nitrogens with zero attached hydrogens (tertiary/aromatic N) is 2. The maximum absolute atomic E-state index is 12.3. The molecule has 1 heterocycles. The maximum Gasteiger partial charge on any atom is 0.189 e. The van der Waals surface area contributed by atoms with Gasteiger partial charge in [-0.1, -0.05) is 11.6 Å². The number of halogens is 1. The molecule has 2 rings (SSSR count). The van der Waals surface area contributed by atoms with Crippen molar-refractivity contribution in [2.45, 2.75) is 38.3 Å². The Labute approximate surface area is 116 Å². The highest BCUT2D eigenvalue weighted by atomic mass is 35.5. The van der Waals surface area contributed by atoms with Crippen LogP contribution in [0.5, 0.6) is 0 Å². The van der Waals surface area contributed by atoms with E-state index >= 15 is 0 Å². The lowest BCUT2D eigenvalue weighted by Crippen LogP contribution is -2.41. The third-order valence-electron chi connectivity index (χ3n) is 3.19. The number of ketones is 1. The van der Waals surface area contributed by atoms with Crippen LogP contribution in [0, 0.1) is 11.3 Å². The van der Waals surface area contributed by atoms with Crippen LogP contribution < -0.4 is 0 Å². The van der Waals surface area contributed by atoms with Gasteiger partial charge in [-0.25, -0.2) is 0 Å². The molecule has 1 saturated carbocycles. The van der Waals surface area contributed by atoms with E-state index in [9.17, 15) is 4.79 Å². The molecule has 1 aromatic heterocycles. The third kappa shape index (κ3) is 3.11. The predicted octanol–water partition coefficient (Wildman–Crippen LogP) is 3.35. The molecule has 1 fully saturated rings. The van der Waals surface area contributed by atoms with Crippen molar-refractivity contribution in [1.29, 1.82) is 5.26 Å². The van der Waals surface area contributed by atoms with Crippen LogP contribution in [-0.4, -0.2) is 29.3 Å². The smallest absolute Gasteiger partial charge is 0.189 e. The molecule has 0 bridgehead atoms. The van der Waals surface area contributed by atoms with Crippen LogP contribution in [0.25, 0.3) is 0 Å². The topological polar surface area (TPSA) is 44.1 Å². The number of nitriles is 1. The van der Waals surface area contributed by atoms with E-state index in [1.807, 2.05) is 6.92 Å². The van der Waals surface area contributed by atoms with Gasteiger partial charge in [0.05, 0.1) is 21.3 Å². The molecule has 1 unspecified atom stereocenters. The fourth-order valence-corrected chi connectivity index (χ4v) is 3.15. The van der Waals surface area contributed by atoms with Crippen LogP contribution in [0.2, 0.25) is 4.34 Å². The lowest BCUT2D eigenvalue weighted by atomic mass is 10.1. The first-order valence-electron chi connectivity index (χ1n) is 6.05. The van der Waals surface area contributed by atoms with E-state index in [4.69, 9.17) is 16.9 Å². The molecular formula is C13H15ClN2OS. The van der Waals surface area contributed by atoms with Gasteiger partial charge in [0.1, 0.15) is 0 Å². The zero-order chi connectivity index (χ0) is 13.1. The summed E-state index contributed by atoms with van der Waals surface area (Å²) in [5.74, 6) is 0.108. The molecule has 1 aromatic rings. The Balaban J connectivity index is 2.05. The summed E-state index contributed by atoms with van der Waals surface area (Å²) in [6.07, 6.45) is 2.74. The fourth-order valence-electron chi connectivity index (χ4n) is 2.08. The fraction of sp³-hybridized carbons (Fsp3) is 0.538. The summed E-state index contributed by atoms with van der Waals surface area (Å²) >= 11 is 7.18. The van der Waals surface area contributed by atoms with Crippen LogP contribution in [0.15, 0.2) is 12.1 Å². The summed E-state index contributed by atoms with van der Waals surface area (Å²) in [4.78, 5) is 15.2. The minimum Gasteiger partial charge on any atom is -0.291 e. The maximum atomic E-state index is 12.3. The highest BCUT2D eigenvalue weighted by Gasteiger charge is 2.35. The molecule has 0 aliphatic heterocycles. The lowest BCUT2D eigenvalue weighted by Gasteiger charge is -2.26. The zero-order valence-electron chi connectivity index (χ0n) is 10.2. The number of hydrogen-bond acceptors (Lipinski definition) is 4. The number of rotatable bonds is 6. The van der Waals surface area contributed by atoms with Gasteiger partial charge in [0.25, 0.3) is 0 Å². The molecule has 1 aliphatic rings. The van der Waals surface area contributed by atoms with Gasteiger partial charge in [-0.15, -0.1) is 11.3 Å². The molecular weight excluding hydrogens is 268 g/mol. The third-order valence-corrected chi connectivity index (χ3v) is 4.44. The molecule has 0 radical (unpaired) electrons. The van der Waals surface area contributed by atoms with Crippen molar-refractivity contribution in [3.8, 4) is 6.07 Å². The Kier molecular flexibility index (Phi) is 4.39. The van der Waals surface area contributed by atoms with Crippen molar-refractivity contribution in [2.24, 2.45) is 0 Å². The highest BCUT2D eigenvalue weighted by Crippen LogP contribution is 2.31. The van der Waals surface area contributed by atoms with Crippen LogP contribution in [-0.2, 0) is 0 Å². The zero-order valence-corrected chi connectivity index (χ0v) is 11.8. The van der Waals surface area contributed by atoms with Crippen molar-refractivity contribution in [2.75, 3.05) is 6.54 Å². The van der Waals surface area contributed by atoms with E-state index in [1.54, 1.807) is 12.1 Å². The number of Topliss-reactive ketones (excluding diaryl/α,β-unsaturated/α-hetero) is 1. The largest absolute Gasteiger partial charge is 0.291 e. The van der Waals surface area contributed by atoms with E-state index in [0.29, 0.717) is 28.2 Å². The minimum atomic E-state index is -0.166. The van der Waals surface area contributed by atoms with Crippen molar-refractivity contribution in [3.05, 3.63) is 21.3 Å². The van der Waals surface area contributed by atoms with E-state index < -0.39 is 0 Å². The van der Waals surface area contributed by atoms with Crippen LogP contribution in [0.4, 0.5) is 0 Å². The predicted molar refractivity (Wildman–Crippen MR) is 73.1 cm³/mol. The molecule has 18 heavy (non-hydrogen) atoms. The first kappa shape index (κ1) is 13.5. The number of carbonyl (C=O) groups excluding carboxylic acids is 1. The summed E-state index contributed by atoms with van der Waals surface area (Å²) < 4.78 is 0.639. The summed E-state index contributed by atoms with van der Waals surface area (Å²) in [5.41, 5.74) is 0. The molecule has 5 heteroatoms. The van der Waals surface area contributed by atoms with Crippen LogP contribution in [0.1, 0.15) is 35.9 Å². The van der Waals surface area contributed by atoms with Gasteiger partial charge in [0, 0.05) is 19.0 Å². The van der Waals surface area contributed by atoms with Gasteiger partial charge in [-0.05, 0) is 31.9 Å². The Morgan fingerprint density at radius 1 is 1.67 bits per heavy atom. The summed E-state index contributed by atoms with van der Waals surface area (Å²) in [6.45, 7) is 2.60. The Hall–Kier alpha value is -0.890. The van der Waals surface area contributed by atoms with Crippen LogP contribution in [0.3, 0.4) is 0 Å². The average Bonchev–Trinajstić information content (AvgIpc) is 3.10. The molecule has 96 valence electrons. The van der Waals surface area contributed by atoms with E-state index in [0.717, 1.165) is 12.8 Å². The van der Waals surface area contributed by atoms with Crippen molar-refractivity contribution < 1.29 is 4.79 Å². The summed E-state index contributed by atoms with van der Waals surface area (Å²) in [7, 11) is 0. The Morgan fingerprint density at radius 3 is 2.89 bits per heavy atom. The van der Waals surface area contributed by atoms with Gasteiger partial charge < -0.3 is 0 Å². The van der Waals surface area contributed by atoms with Gasteiger partial charge in [0.2, 0.25) is 0 Å². The van der Waals surface area contributed by atoms with E-state index in [2.05, 4.69) is 11.0 Å². The van der Waals surface area contributed by atoms with Crippen molar-refractivity contribution >= 4 is 28.7 Å². The van der Waals surface area contributed by atoms with E-state index in [-0.39, 0.29) is 11.8 Å². The second kappa shape index (κ2) is 5.83. The summed E-state index contributed by atoms with van der Waals surface area (Å²) in [6, 6.07) is 5.99. The number of thiophene rings is 1. The first-order valence-corrected chi connectivity index (χ1v) is 7.25. The molecule has 1 atom stereocenters. The standard InChI is InChI=1S/C13H15ClN2OS/c1-9(13(17)11-5-6-12(14)18-11)16(8-2-7-15)10-3-4-10/h5-6,9-10H,2-4,8H2,1H3. The van der Waals surface area contributed by atoms with Crippen LogP contribution >= 0.6 is 22.9 Å². The SMILES string of the molecule is CC(C(=O)c1ccc(Cl)s1)N(CCC#N)C1CC1. The molecule has 0 aromatic carbocycles. The molecule has 0 spiro atoms. The van der Waals surface area contributed by atoms with E-state index in [1.165, 1.54) is 11.3 Å². The van der Waals surface area contributed by atoms with Gasteiger partial charge in [0.15, 0.2) is 5.78 Å². The monoisotopic (exact) mass is 282 g/mol. The minimum absolute atomic E-state index is 0.108.